The minimum absolute atomic E-state index is 0.166. The predicted molar refractivity (Wildman–Crippen MR) is 63.4 cm³/mol. The Morgan fingerprint density at radius 3 is 2.13 bits per heavy atom. The molecule has 0 radical (unpaired) electrons. The summed E-state index contributed by atoms with van der Waals surface area (Å²) in [5.74, 6) is -0.211. The molecule has 0 aromatic heterocycles. The van der Waals surface area contributed by atoms with Crippen molar-refractivity contribution in [2.75, 3.05) is 5.75 Å². The summed E-state index contributed by atoms with van der Waals surface area (Å²) in [6.45, 7) is 9.82. The highest BCUT2D eigenvalue weighted by Gasteiger charge is 2.19. The molecule has 0 bridgehead atoms. The van der Waals surface area contributed by atoms with Gasteiger partial charge in [-0.05, 0) is 34.6 Å². The van der Waals surface area contributed by atoms with E-state index in [2.05, 4.69) is 10.2 Å². The zero-order valence-electron chi connectivity index (χ0n) is 10.1. The molecular weight excluding hydrogens is 212 g/mol. The van der Waals surface area contributed by atoms with Crippen LogP contribution in [0.4, 0.5) is 0 Å². The van der Waals surface area contributed by atoms with Gasteiger partial charge in [0.25, 0.3) is 0 Å². The van der Waals surface area contributed by atoms with Crippen LogP contribution in [0.25, 0.3) is 0 Å². The normalized spacial score (nSPS) is 13.4. The van der Waals surface area contributed by atoms with Crippen molar-refractivity contribution in [1.82, 2.24) is 0 Å². The molecule has 0 atom stereocenters. The number of nitrogens with zero attached hydrogens (tertiary/aromatic N) is 2. The van der Waals surface area contributed by atoms with Gasteiger partial charge in [-0.3, -0.25) is 4.79 Å². The second-order valence-electron chi connectivity index (χ2n) is 4.81. The van der Waals surface area contributed by atoms with Crippen molar-refractivity contribution in [3.63, 3.8) is 0 Å². The Hall–Kier alpha value is -0.580. The lowest BCUT2D eigenvalue weighted by Crippen LogP contribution is -2.16. The van der Waals surface area contributed by atoms with Crippen molar-refractivity contribution in [3.8, 4) is 0 Å². The lowest BCUT2D eigenvalue weighted by molar-refractivity contribution is -0.136. The van der Waals surface area contributed by atoms with E-state index >= 15 is 0 Å². The molecule has 0 heterocycles. The van der Waals surface area contributed by atoms with Crippen LogP contribution in [0.5, 0.6) is 0 Å². The molecule has 0 saturated carbocycles. The van der Waals surface area contributed by atoms with Gasteiger partial charge < -0.3 is 5.11 Å². The highest BCUT2D eigenvalue weighted by molar-refractivity contribution is 8.00. The molecule has 0 rings (SSSR count). The maximum atomic E-state index is 10.3. The third kappa shape index (κ3) is 9.72. The Morgan fingerprint density at radius 2 is 1.73 bits per heavy atom. The van der Waals surface area contributed by atoms with Crippen molar-refractivity contribution in [2.24, 2.45) is 10.2 Å². The first-order chi connectivity index (χ1) is 6.62. The van der Waals surface area contributed by atoms with Crippen molar-refractivity contribution >= 4 is 17.7 Å². The lowest BCUT2D eigenvalue weighted by Gasteiger charge is -2.19. The van der Waals surface area contributed by atoms with Crippen LogP contribution in [-0.4, -0.2) is 27.2 Å². The summed E-state index contributed by atoms with van der Waals surface area (Å²) >= 11 is 1.51. The highest BCUT2D eigenvalue weighted by atomic mass is 32.2. The minimum atomic E-state index is -0.772. The first-order valence-corrected chi connectivity index (χ1v) is 5.91. The fraction of sp³-hybridized carbons (Fsp3) is 0.900. The van der Waals surface area contributed by atoms with E-state index in [0.29, 0.717) is 5.75 Å². The van der Waals surface area contributed by atoms with Crippen molar-refractivity contribution < 1.29 is 9.90 Å². The summed E-state index contributed by atoms with van der Waals surface area (Å²) in [6, 6.07) is 0. The van der Waals surface area contributed by atoms with Crippen molar-refractivity contribution in [3.05, 3.63) is 0 Å². The molecule has 0 amide bonds. The molecule has 0 aromatic rings. The second-order valence-corrected chi connectivity index (χ2v) is 6.51. The smallest absolute Gasteiger partial charge is 0.304 e. The van der Waals surface area contributed by atoms with E-state index in [4.69, 9.17) is 5.11 Å². The van der Waals surface area contributed by atoms with E-state index in [1.807, 2.05) is 34.6 Å². The molecule has 88 valence electrons. The van der Waals surface area contributed by atoms with Gasteiger partial charge in [0.2, 0.25) is 0 Å². The Morgan fingerprint density at radius 1 is 1.20 bits per heavy atom. The summed E-state index contributed by atoms with van der Waals surface area (Å²) in [4.78, 5) is 9.99. The Labute approximate surface area is 95.5 Å². The van der Waals surface area contributed by atoms with Gasteiger partial charge in [0.05, 0.1) is 12.0 Å². The third-order valence-corrected chi connectivity index (χ3v) is 2.56. The molecule has 0 aromatic carbocycles. The number of carbonyl (C=O) groups is 1. The van der Waals surface area contributed by atoms with Crippen LogP contribution in [0.15, 0.2) is 10.2 Å². The minimum Gasteiger partial charge on any atom is -0.481 e. The molecule has 0 aliphatic carbocycles. The Kier molecular flexibility index (Phi) is 5.28. The van der Waals surface area contributed by atoms with E-state index in [-0.39, 0.29) is 16.8 Å². The predicted octanol–water partition coefficient (Wildman–Crippen LogP) is 3.18. The fourth-order valence-electron chi connectivity index (χ4n) is 0.687. The van der Waals surface area contributed by atoms with Crippen LogP contribution in [0, 0.1) is 0 Å². The van der Waals surface area contributed by atoms with Gasteiger partial charge in [-0.1, -0.05) is 0 Å². The quantitative estimate of drug-likeness (QED) is 0.740. The summed E-state index contributed by atoms with van der Waals surface area (Å²) in [7, 11) is 0. The molecule has 0 unspecified atom stereocenters. The van der Waals surface area contributed by atoms with Gasteiger partial charge in [-0.2, -0.15) is 10.2 Å². The molecule has 5 heteroatoms. The first kappa shape index (κ1) is 14.4. The number of hydrogen-bond acceptors (Lipinski definition) is 4. The second kappa shape index (κ2) is 5.49. The topological polar surface area (TPSA) is 62.0 Å². The zero-order valence-corrected chi connectivity index (χ0v) is 10.9. The van der Waals surface area contributed by atoms with Crippen LogP contribution >= 0.6 is 11.8 Å². The van der Waals surface area contributed by atoms with Crippen LogP contribution in [0.1, 0.15) is 41.0 Å². The van der Waals surface area contributed by atoms with Gasteiger partial charge >= 0.3 is 5.97 Å². The molecule has 15 heavy (non-hydrogen) atoms. The molecule has 0 aliphatic heterocycles. The SMILES string of the molecule is CC(C)(C)N=NC(C)(C)SCCC(=O)O. The number of hydrogen-bond donors (Lipinski definition) is 1. The molecule has 0 saturated heterocycles. The largest absolute Gasteiger partial charge is 0.481 e. The summed E-state index contributed by atoms with van der Waals surface area (Å²) in [6.07, 6.45) is 0.166. The average molecular weight is 232 g/mol. The number of carboxylic acid groups (broad SMARTS) is 1. The molecule has 4 nitrogen and oxygen atoms in total. The highest BCUT2D eigenvalue weighted by Crippen LogP contribution is 2.28. The van der Waals surface area contributed by atoms with E-state index in [9.17, 15) is 4.79 Å². The van der Waals surface area contributed by atoms with E-state index in [1.54, 1.807) is 0 Å². The molecule has 0 fully saturated rings. The number of thioether (sulfide) groups is 1. The number of aliphatic carboxylic acids is 1. The maximum absolute atomic E-state index is 10.3. The van der Waals surface area contributed by atoms with Crippen LogP contribution in [0.2, 0.25) is 0 Å². The number of rotatable bonds is 5. The monoisotopic (exact) mass is 232 g/mol. The maximum Gasteiger partial charge on any atom is 0.304 e. The van der Waals surface area contributed by atoms with Gasteiger partial charge in [-0.15, -0.1) is 11.8 Å². The van der Waals surface area contributed by atoms with E-state index < -0.39 is 5.97 Å². The standard InChI is InChI=1S/C10H20N2O2S/c1-9(2,3)11-12-10(4,5)15-7-6-8(13)14/h6-7H2,1-5H3,(H,13,14). The van der Waals surface area contributed by atoms with E-state index in [0.717, 1.165) is 0 Å². The van der Waals surface area contributed by atoms with Crippen LogP contribution < -0.4 is 0 Å². The van der Waals surface area contributed by atoms with Crippen LogP contribution in [0.3, 0.4) is 0 Å². The summed E-state index contributed by atoms with van der Waals surface area (Å²) < 4.78 is 0. The average Bonchev–Trinajstić information content (AvgIpc) is 1.99. The Bertz CT molecular complexity index is 244. The number of carboxylic acids is 1. The molecular formula is C10H20N2O2S. The van der Waals surface area contributed by atoms with Crippen molar-refractivity contribution in [1.29, 1.82) is 0 Å². The third-order valence-electron chi connectivity index (χ3n) is 1.36. The zero-order chi connectivity index (χ0) is 12.1. The van der Waals surface area contributed by atoms with Crippen molar-refractivity contribution in [2.45, 2.75) is 51.4 Å². The fourth-order valence-corrected chi connectivity index (χ4v) is 1.56. The van der Waals surface area contributed by atoms with E-state index in [1.165, 1.54) is 11.8 Å². The molecule has 0 aliphatic rings. The van der Waals surface area contributed by atoms with Gasteiger partial charge in [-0.25, -0.2) is 0 Å². The summed E-state index contributed by atoms with van der Waals surface area (Å²) in [5, 5.41) is 16.9. The first-order valence-electron chi connectivity index (χ1n) is 4.92. The number of azo groups is 1. The summed E-state index contributed by atoms with van der Waals surface area (Å²) in [5.41, 5.74) is -0.176. The molecule has 0 spiro atoms. The Balaban J connectivity index is 4.07. The van der Waals surface area contributed by atoms with Gasteiger partial charge in [0.15, 0.2) is 0 Å². The molecule has 1 N–H and O–H groups in total. The lowest BCUT2D eigenvalue weighted by atomic mass is 10.1. The van der Waals surface area contributed by atoms with Crippen LogP contribution in [-0.2, 0) is 4.79 Å². The van der Waals surface area contributed by atoms with Gasteiger partial charge in [0, 0.05) is 5.75 Å². The van der Waals surface area contributed by atoms with Gasteiger partial charge in [0.1, 0.15) is 4.87 Å².